The van der Waals surface area contributed by atoms with E-state index in [2.05, 4.69) is 4.98 Å². The molecule has 7 heteroatoms. The minimum atomic E-state index is -0.612. The van der Waals surface area contributed by atoms with E-state index in [-0.39, 0.29) is 30.1 Å². The van der Waals surface area contributed by atoms with Crippen molar-refractivity contribution in [3.05, 3.63) is 101 Å². The lowest BCUT2D eigenvalue weighted by Gasteiger charge is -2.33. The average Bonchev–Trinajstić information content (AvgIpc) is 2.78. The van der Waals surface area contributed by atoms with Crippen molar-refractivity contribution in [1.82, 2.24) is 9.88 Å². The number of rotatable bonds is 5. The van der Waals surface area contributed by atoms with E-state index in [4.69, 9.17) is 4.74 Å². The van der Waals surface area contributed by atoms with E-state index in [9.17, 15) is 18.0 Å². The number of pyridine rings is 1. The van der Waals surface area contributed by atoms with Gasteiger partial charge in [0.1, 0.15) is 23.6 Å². The molecule has 160 valence electrons. The van der Waals surface area contributed by atoms with Crippen LogP contribution in [-0.4, -0.2) is 35.5 Å². The maximum Gasteiger partial charge on any atom is 0.227 e. The Morgan fingerprint density at radius 1 is 1.00 bits per heavy atom. The second-order valence-corrected chi connectivity index (χ2v) is 7.43. The average molecular weight is 426 g/mol. The Labute approximate surface area is 178 Å². The number of morpholine rings is 1. The Balaban J connectivity index is 1.45. The smallest absolute Gasteiger partial charge is 0.227 e. The summed E-state index contributed by atoms with van der Waals surface area (Å²) in [7, 11) is 0. The number of hydrogen-bond acceptors (Lipinski definition) is 3. The Kier molecular flexibility index (Phi) is 6.32. The van der Waals surface area contributed by atoms with Crippen molar-refractivity contribution in [2.24, 2.45) is 0 Å². The van der Waals surface area contributed by atoms with Crippen LogP contribution in [0, 0.1) is 17.5 Å². The number of halogens is 3. The largest absolute Gasteiger partial charge is 0.368 e. The Hall–Kier alpha value is -3.19. The maximum atomic E-state index is 14.0. The summed E-state index contributed by atoms with van der Waals surface area (Å²) < 4.78 is 46.8. The van der Waals surface area contributed by atoms with Crippen LogP contribution in [0.2, 0.25) is 0 Å². The molecule has 3 aromatic rings. The van der Waals surface area contributed by atoms with Crippen molar-refractivity contribution < 1.29 is 22.7 Å². The highest BCUT2D eigenvalue weighted by Gasteiger charge is 2.26. The van der Waals surface area contributed by atoms with Gasteiger partial charge in [-0.2, -0.15) is 0 Å². The predicted molar refractivity (Wildman–Crippen MR) is 109 cm³/mol. The molecule has 1 aromatic heterocycles. The molecule has 1 aliphatic rings. The summed E-state index contributed by atoms with van der Waals surface area (Å²) in [4.78, 5) is 18.9. The van der Waals surface area contributed by atoms with Gasteiger partial charge in [0.15, 0.2) is 0 Å². The van der Waals surface area contributed by atoms with E-state index in [0.29, 0.717) is 31.1 Å². The highest BCUT2D eigenvalue weighted by molar-refractivity contribution is 5.78. The maximum absolute atomic E-state index is 14.0. The zero-order valence-electron chi connectivity index (χ0n) is 16.7. The van der Waals surface area contributed by atoms with Crippen molar-refractivity contribution in [3.63, 3.8) is 0 Å². The van der Waals surface area contributed by atoms with Gasteiger partial charge in [-0.3, -0.25) is 9.78 Å². The van der Waals surface area contributed by atoms with Crippen LogP contribution in [-0.2, 0) is 22.4 Å². The van der Waals surface area contributed by atoms with E-state index >= 15 is 0 Å². The van der Waals surface area contributed by atoms with E-state index in [1.807, 2.05) is 0 Å². The predicted octanol–water partition coefficient (Wildman–Crippen LogP) is 4.23. The third-order valence-corrected chi connectivity index (χ3v) is 5.27. The van der Waals surface area contributed by atoms with Crippen LogP contribution in [0.25, 0.3) is 0 Å². The highest BCUT2D eigenvalue weighted by Crippen LogP contribution is 2.23. The molecule has 1 amide bonds. The minimum absolute atomic E-state index is 0.0201. The molecule has 0 spiro atoms. The van der Waals surface area contributed by atoms with Gasteiger partial charge in [0.2, 0.25) is 5.91 Å². The van der Waals surface area contributed by atoms with Crippen molar-refractivity contribution in [2.75, 3.05) is 19.7 Å². The lowest BCUT2D eigenvalue weighted by Crippen LogP contribution is -2.43. The van der Waals surface area contributed by atoms with Crippen LogP contribution in [0.15, 0.2) is 60.7 Å². The normalized spacial score (nSPS) is 16.4. The van der Waals surface area contributed by atoms with Crippen LogP contribution in [0.3, 0.4) is 0 Å². The van der Waals surface area contributed by atoms with Crippen LogP contribution < -0.4 is 0 Å². The van der Waals surface area contributed by atoms with Gasteiger partial charge in [0, 0.05) is 24.2 Å². The number of hydrogen-bond donors (Lipinski definition) is 0. The summed E-state index contributed by atoms with van der Waals surface area (Å²) >= 11 is 0. The van der Waals surface area contributed by atoms with Gasteiger partial charge < -0.3 is 9.64 Å². The number of carbonyl (C=O) groups excluding carboxylic acids is 1. The zero-order chi connectivity index (χ0) is 21.8. The first-order chi connectivity index (χ1) is 15.0. The van der Waals surface area contributed by atoms with Gasteiger partial charge in [-0.1, -0.05) is 24.3 Å². The number of nitrogens with zero attached hydrogens (tertiary/aromatic N) is 2. The molecule has 2 heterocycles. The summed E-state index contributed by atoms with van der Waals surface area (Å²) in [5, 5.41) is 0. The topological polar surface area (TPSA) is 42.4 Å². The fraction of sp³-hybridized carbons (Fsp3) is 0.250. The molecule has 4 rings (SSSR count). The molecule has 1 atom stereocenters. The fourth-order valence-corrected chi connectivity index (χ4v) is 3.60. The standard InChI is InChI=1S/C24H21F3N2O2/c25-17-9-7-16(8-10-17)13-24(30)29-11-12-31-23(15-29)22-6-1-3-18(28-22)14-19-20(26)4-2-5-21(19)27/h1-10,23H,11-15H2/t23-/m1/s1. The Morgan fingerprint density at radius 3 is 2.45 bits per heavy atom. The van der Waals surface area contributed by atoms with Crippen LogP contribution in [0.4, 0.5) is 13.2 Å². The Bertz CT molecular complexity index is 1050. The van der Waals surface area contributed by atoms with Crippen molar-refractivity contribution in [2.45, 2.75) is 18.9 Å². The lowest BCUT2D eigenvalue weighted by molar-refractivity contribution is -0.138. The van der Waals surface area contributed by atoms with Crippen LogP contribution in [0.5, 0.6) is 0 Å². The molecule has 31 heavy (non-hydrogen) atoms. The molecule has 1 saturated heterocycles. The first-order valence-corrected chi connectivity index (χ1v) is 10.0. The molecule has 0 aliphatic carbocycles. The summed E-state index contributed by atoms with van der Waals surface area (Å²) in [6.45, 7) is 1.13. The molecule has 0 N–H and O–H groups in total. The first kappa shape index (κ1) is 21.1. The zero-order valence-corrected chi connectivity index (χ0v) is 16.7. The molecule has 0 unspecified atom stereocenters. The second kappa shape index (κ2) is 9.31. The quantitative estimate of drug-likeness (QED) is 0.613. The lowest BCUT2D eigenvalue weighted by atomic mass is 10.1. The number of carbonyl (C=O) groups is 1. The molecule has 1 fully saturated rings. The van der Waals surface area contributed by atoms with Crippen molar-refractivity contribution in [1.29, 1.82) is 0 Å². The molecule has 2 aromatic carbocycles. The van der Waals surface area contributed by atoms with Crippen LogP contribution >= 0.6 is 0 Å². The van der Waals surface area contributed by atoms with Crippen molar-refractivity contribution in [3.8, 4) is 0 Å². The molecular formula is C24H21F3N2O2. The molecule has 0 saturated carbocycles. The molecule has 4 nitrogen and oxygen atoms in total. The van der Waals surface area contributed by atoms with E-state index in [1.165, 1.54) is 30.3 Å². The van der Waals surface area contributed by atoms with Gasteiger partial charge in [-0.05, 0) is 42.0 Å². The third-order valence-electron chi connectivity index (χ3n) is 5.27. The SMILES string of the molecule is O=C(Cc1ccc(F)cc1)N1CCO[C@@H](c2cccc(Cc3c(F)cccc3F)n2)C1. The number of amides is 1. The molecular weight excluding hydrogens is 405 g/mol. The summed E-state index contributed by atoms with van der Waals surface area (Å²) in [5.41, 5.74) is 1.82. The van der Waals surface area contributed by atoms with Crippen molar-refractivity contribution >= 4 is 5.91 Å². The molecule has 0 bridgehead atoms. The highest BCUT2D eigenvalue weighted by atomic mass is 19.1. The van der Waals surface area contributed by atoms with Gasteiger partial charge in [0.05, 0.1) is 25.3 Å². The van der Waals surface area contributed by atoms with Gasteiger partial charge in [0.25, 0.3) is 0 Å². The van der Waals surface area contributed by atoms with E-state index in [0.717, 1.165) is 5.56 Å². The second-order valence-electron chi connectivity index (χ2n) is 7.43. The summed E-state index contributed by atoms with van der Waals surface area (Å²) in [5.74, 6) is -1.65. The van der Waals surface area contributed by atoms with Crippen LogP contribution in [0.1, 0.15) is 28.6 Å². The summed E-state index contributed by atoms with van der Waals surface area (Å²) in [6.07, 6.45) is -0.240. The first-order valence-electron chi connectivity index (χ1n) is 10.0. The molecule has 1 aliphatic heterocycles. The Morgan fingerprint density at radius 2 is 1.71 bits per heavy atom. The number of aromatic nitrogens is 1. The molecule has 0 radical (unpaired) electrons. The number of benzene rings is 2. The monoisotopic (exact) mass is 426 g/mol. The summed E-state index contributed by atoms with van der Waals surface area (Å²) in [6, 6.07) is 14.9. The van der Waals surface area contributed by atoms with Gasteiger partial charge in [-0.15, -0.1) is 0 Å². The van der Waals surface area contributed by atoms with E-state index in [1.54, 1.807) is 35.2 Å². The van der Waals surface area contributed by atoms with Gasteiger partial charge >= 0.3 is 0 Å². The van der Waals surface area contributed by atoms with Gasteiger partial charge in [-0.25, -0.2) is 13.2 Å². The van der Waals surface area contributed by atoms with E-state index < -0.39 is 17.7 Å². The minimum Gasteiger partial charge on any atom is -0.368 e. The third kappa shape index (κ3) is 5.11. The fourth-order valence-electron chi connectivity index (χ4n) is 3.60. The number of ether oxygens (including phenoxy) is 1.